The van der Waals surface area contributed by atoms with Gasteiger partial charge in [-0.25, -0.2) is 9.37 Å². The molecule has 1 aromatic heterocycles. The number of aromatic nitrogens is 2. The summed E-state index contributed by atoms with van der Waals surface area (Å²) in [6.45, 7) is -1.88. The predicted octanol–water partition coefficient (Wildman–Crippen LogP) is 2.03. The summed E-state index contributed by atoms with van der Waals surface area (Å²) in [5, 5.41) is 0. The first-order valence-corrected chi connectivity index (χ1v) is 4.18. The Morgan fingerprint density at radius 2 is 2.07 bits per heavy atom. The van der Waals surface area contributed by atoms with Crippen molar-refractivity contribution in [1.82, 2.24) is 9.71 Å². The van der Waals surface area contributed by atoms with Gasteiger partial charge in [0.2, 0.25) is 0 Å². The number of hydrogen-bond donors (Lipinski definition) is 0. The SMILES string of the molecule is FCC(F)(F)On1cnc2ccccc21. The van der Waals surface area contributed by atoms with Crippen LogP contribution >= 0.6 is 0 Å². The van der Waals surface area contributed by atoms with Crippen molar-refractivity contribution in [3.8, 4) is 0 Å². The zero-order chi connectivity index (χ0) is 10.9. The van der Waals surface area contributed by atoms with E-state index in [1.54, 1.807) is 24.3 Å². The molecule has 0 unspecified atom stereocenters. The zero-order valence-corrected chi connectivity index (χ0v) is 7.53. The van der Waals surface area contributed by atoms with Crippen LogP contribution in [0.2, 0.25) is 0 Å². The molecule has 6 heteroatoms. The molecule has 0 N–H and O–H groups in total. The molecule has 0 amide bonds. The van der Waals surface area contributed by atoms with E-state index in [0.29, 0.717) is 11.0 Å². The Morgan fingerprint density at radius 1 is 1.33 bits per heavy atom. The number of para-hydroxylation sites is 2. The molecule has 80 valence electrons. The lowest BCUT2D eigenvalue weighted by Crippen LogP contribution is -2.33. The molecule has 0 atom stereocenters. The first-order valence-electron chi connectivity index (χ1n) is 4.18. The smallest absolute Gasteiger partial charge is 0.337 e. The molecule has 0 spiro atoms. The largest absolute Gasteiger partial charge is 0.444 e. The lowest BCUT2D eigenvalue weighted by atomic mass is 10.3. The maximum atomic E-state index is 12.6. The summed E-state index contributed by atoms with van der Waals surface area (Å²) in [6.07, 6.45) is -2.75. The normalized spacial score (nSPS) is 11.9. The average molecular weight is 216 g/mol. The molecule has 0 saturated carbocycles. The van der Waals surface area contributed by atoms with Gasteiger partial charge in [0.1, 0.15) is 11.8 Å². The third-order valence-corrected chi connectivity index (χ3v) is 1.81. The number of hydrogen-bond acceptors (Lipinski definition) is 2. The van der Waals surface area contributed by atoms with Crippen LogP contribution in [0.15, 0.2) is 30.6 Å². The highest BCUT2D eigenvalue weighted by Crippen LogP contribution is 2.16. The fraction of sp³-hybridized carbons (Fsp3) is 0.222. The van der Waals surface area contributed by atoms with Gasteiger partial charge in [0, 0.05) is 0 Å². The third-order valence-electron chi connectivity index (χ3n) is 1.81. The highest BCUT2D eigenvalue weighted by atomic mass is 19.3. The summed E-state index contributed by atoms with van der Waals surface area (Å²) >= 11 is 0. The van der Waals surface area contributed by atoms with Gasteiger partial charge in [0.05, 0.1) is 5.52 Å². The van der Waals surface area contributed by atoms with Crippen molar-refractivity contribution in [2.75, 3.05) is 6.67 Å². The molecule has 1 heterocycles. The van der Waals surface area contributed by atoms with Crippen molar-refractivity contribution in [3.63, 3.8) is 0 Å². The van der Waals surface area contributed by atoms with Crippen molar-refractivity contribution >= 4 is 11.0 Å². The van der Waals surface area contributed by atoms with Crippen molar-refractivity contribution in [2.45, 2.75) is 6.11 Å². The maximum Gasteiger partial charge on any atom is 0.444 e. The molecule has 3 nitrogen and oxygen atoms in total. The van der Waals surface area contributed by atoms with Gasteiger partial charge in [-0.15, -0.1) is 0 Å². The number of alkyl halides is 3. The summed E-state index contributed by atoms with van der Waals surface area (Å²) in [5.41, 5.74) is 0.873. The molecule has 0 aliphatic rings. The zero-order valence-electron chi connectivity index (χ0n) is 7.53. The lowest BCUT2D eigenvalue weighted by Gasteiger charge is -2.14. The van der Waals surface area contributed by atoms with Crippen LogP contribution in [0.5, 0.6) is 0 Å². The molecule has 15 heavy (non-hydrogen) atoms. The number of fused-ring (bicyclic) bond motifs is 1. The van der Waals surface area contributed by atoms with Gasteiger partial charge in [0.15, 0.2) is 6.67 Å². The van der Waals surface area contributed by atoms with E-state index in [1.807, 2.05) is 0 Å². The monoisotopic (exact) mass is 216 g/mol. The van der Waals surface area contributed by atoms with Crippen LogP contribution in [0.1, 0.15) is 0 Å². The number of imidazole rings is 1. The van der Waals surface area contributed by atoms with Gasteiger partial charge < -0.3 is 4.84 Å². The summed E-state index contributed by atoms with van der Waals surface area (Å²) < 4.78 is 37.8. The van der Waals surface area contributed by atoms with Gasteiger partial charge in [-0.05, 0) is 12.1 Å². The second kappa shape index (κ2) is 3.45. The number of halogens is 3. The summed E-state index contributed by atoms with van der Waals surface area (Å²) in [4.78, 5) is 7.97. The number of benzene rings is 1. The van der Waals surface area contributed by atoms with E-state index < -0.39 is 12.8 Å². The van der Waals surface area contributed by atoms with Crippen LogP contribution < -0.4 is 4.84 Å². The van der Waals surface area contributed by atoms with E-state index in [-0.39, 0.29) is 0 Å². The van der Waals surface area contributed by atoms with Crippen molar-refractivity contribution in [3.05, 3.63) is 30.6 Å². The van der Waals surface area contributed by atoms with E-state index in [0.717, 1.165) is 11.1 Å². The summed E-state index contributed by atoms with van der Waals surface area (Å²) in [5.74, 6) is 0. The van der Waals surface area contributed by atoms with E-state index in [1.165, 1.54) is 0 Å². The Labute approximate surface area is 83.0 Å². The quantitative estimate of drug-likeness (QED) is 0.784. The van der Waals surface area contributed by atoms with Crippen LogP contribution in [0.3, 0.4) is 0 Å². The molecule has 0 radical (unpaired) electrons. The fourth-order valence-corrected chi connectivity index (χ4v) is 1.18. The van der Waals surface area contributed by atoms with E-state index in [4.69, 9.17) is 0 Å². The average Bonchev–Trinajstić information content (AvgIpc) is 2.62. The first kappa shape index (κ1) is 9.82. The second-order valence-electron chi connectivity index (χ2n) is 2.92. The highest BCUT2D eigenvalue weighted by Gasteiger charge is 2.32. The van der Waals surface area contributed by atoms with Crippen molar-refractivity contribution in [1.29, 1.82) is 0 Å². The standard InChI is InChI=1S/C9H7F3N2O/c10-5-9(11,12)15-14-6-13-7-3-1-2-4-8(7)14/h1-4,6H,5H2. The third kappa shape index (κ3) is 1.88. The Morgan fingerprint density at radius 3 is 2.80 bits per heavy atom. The van der Waals surface area contributed by atoms with E-state index >= 15 is 0 Å². The van der Waals surface area contributed by atoms with Gasteiger partial charge in [0.25, 0.3) is 0 Å². The fourth-order valence-electron chi connectivity index (χ4n) is 1.18. The lowest BCUT2D eigenvalue weighted by molar-refractivity contribution is -0.243. The summed E-state index contributed by atoms with van der Waals surface area (Å²) in [6, 6.07) is 6.56. The van der Waals surface area contributed by atoms with Crippen LogP contribution in [-0.2, 0) is 0 Å². The highest BCUT2D eigenvalue weighted by molar-refractivity contribution is 5.74. The Balaban J connectivity index is 2.37. The minimum Gasteiger partial charge on any atom is -0.337 e. The van der Waals surface area contributed by atoms with Crippen LogP contribution in [0.25, 0.3) is 11.0 Å². The second-order valence-corrected chi connectivity index (χ2v) is 2.92. The Hall–Kier alpha value is -1.72. The van der Waals surface area contributed by atoms with E-state index in [2.05, 4.69) is 9.82 Å². The van der Waals surface area contributed by atoms with Crippen molar-refractivity contribution in [2.24, 2.45) is 0 Å². The molecule has 0 aliphatic carbocycles. The van der Waals surface area contributed by atoms with Crippen LogP contribution in [-0.4, -0.2) is 22.5 Å². The number of rotatable bonds is 3. The maximum absolute atomic E-state index is 12.6. The van der Waals surface area contributed by atoms with Gasteiger partial charge in [-0.3, -0.25) is 0 Å². The van der Waals surface area contributed by atoms with Crippen LogP contribution in [0, 0.1) is 0 Å². The molecule has 0 fully saturated rings. The molecule has 2 rings (SSSR count). The predicted molar refractivity (Wildman–Crippen MR) is 47.2 cm³/mol. The van der Waals surface area contributed by atoms with Gasteiger partial charge in [-0.2, -0.15) is 13.5 Å². The molecule has 0 aliphatic heterocycles. The minimum atomic E-state index is -3.83. The van der Waals surface area contributed by atoms with Gasteiger partial charge in [-0.1, -0.05) is 12.1 Å². The molecule has 0 bridgehead atoms. The van der Waals surface area contributed by atoms with Gasteiger partial charge >= 0.3 is 6.11 Å². The molecule has 2 aromatic rings. The minimum absolute atomic E-state index is 0.366. The summed E-state index contributed by atoms with van der Waals surface area (Å²) in [7, 11) is 0. The van der Waals surface area contributed by atoms with E-state index in [9.17, 15) is 13.2 Å². The van der Waals surface area contributed by atoms with Crippen LogP contribution in [0.4, 0.5) is 13.2 Å². The topological polar surface area (TPSA) is 27.1 Å². The first-order chi connectivity index (χ1) is 7.12. The molecule has 1 aromatic carbocycles. The molecular formula is C9H7F3N2O. The van der Waals surface area contributed by atoms with Crippen molar-refractivity contribution < 1.29 is 18.0 Å². The molecule has 0 saturated heterocycles. The Kier molecular flexibility index (Phi) is 2.26. The Bertz CT molecular complexity index is 469. The number of nitrogens with zero attached hydrogens (tertiary/aromatic N) is 2. The molecular weight excluding hydrogens is 209 g/mol.